The number of rotatable bonds is 2. The molecule has 0 aromatic carbocycles. The van der Waals surface area contributed by atoms with E-state index in [9.17, 15) is 10.2 Å². The molecular formula is C9H17NO2. The van der Waals surface area contributed by atoms with Gasteiger partial charge in [0, 0.05) is 5.41 Å². The smallest absolute Gasteiger partial charge is 0.0509 e. The van der Waals surface area contributed by atoms with Gasteiger partial charge >= 0.3 is 0 Å². The lowest BCUT2D eigenvalue weighted by molar-refractivity contribution is 0.0537. The number of hydrogen-bond acceptors (Lipinski definition) is 3. The predicted octanol–water partition coefficient (Wildman–Crippen LogP) is -0.413. The lowest BCUT2D eigenvalue weighted by atomic mass is 9.86. The van der Waals surface area contributed by atoms with Crippen molar-refractivity contribution < 1.29 is 10.2 Å². The lowest BCUT2D eigenvalue weighted by Gasteiger charge is -2.24. The SMILES string of the molecule is OCC1(CO)C[C@H]2CNC[C@H]2C1. The van der Waals surface area contributed by atoms with Crippen LogP contribution >= 0.6 is 0 Å². The molecule has 3 N–H and O–H groups in total. The summed E-state index contributed by atoms with van der Waals surface area (Å²) in [5.41, 5.74) is -0.155. The summed E-state index contributed by atoms with van der Waals surface area (Å²) < 4.78 is 0. The molecule has 0 bridgehead atoms. The molecule has 2 atom stereocenters. The molecule has 1 saturated heterocycles. The summed E-state index contributed by atoms with van der Waals surface area (Å²) in [7, 11) is 0. The van der Waals surface area contributed by atoms with Gasteiger partial charge in [-0.2, -0.15) is 0 Å². The third kappa shape index (κ3) is 1.16. The van der Waals surface area contributed by atoms with Gasteiger partial charge in [0.05, 0.1) is 13.2 Å². The van der Waals surface area contributed by atoms with Gasteiger partial charge < -0.3 is 15.5 Å². The number of nitrogens with one attached hydrogen (secondary N) is 1. The van der Waals surface area contributed by atoms with Crippen molar-refractivity contribution in [1.29, 1.82) is 0 Å². The summed E-state index contributed by atoms with van der Waals surface area (Å²) in [4.78, 5) is 0. The third-order valence-electron chi connectivity index (χ3n) is 3.54. The number of aliphatic hydroxyl groups excluding tert-OH is 2. The monoisotopic (exact) mass is 171 g/mol. The second-order valence-corrected chi connectivity index (χ2v) is 4.40. The summed E-state index contributed by atoms with van der Waals surface area (Å²) in [5.74, 6) is 1.40. The van der Waals surface area contributed by atoms with Gasteiger partial charge in [-0.1, -0.05) is 0 Å². The second kappa shape index (κ2) is 2.98. The molecule has 0 spiro atoms. The molecule has 1 saturated carbocycles. The summed E-state index contributed by atoms with van der Waals surface area (Å²) >= 11 is 0. The number of fused-ring (bicyclic) bond motifs is 1. The molecule has 1 heterocycles. The standard InChI is InChI=1S/C9H17NO2/c11-5-9(6-12)1-7-3-10-4-8(7)2-9/h7-8,10-12H,1-6H2/t7-,8+. The van der Waals surface area contributed by atoms with Gasteiger partial charge in [-0.05, 0) is 37.8 Å². The Morgan fingerprint density at radius 1 is 1.08 bits per heavy atom. The first kappa shape index (κ1) is 8.48. The van der Waals surface area contributed by atoms with E-state index in [0.717, 1.165) is 25.9 Å². The van der Waals surface area contributed by atoms with E-state index in [4.69, 9.17) is 0 Å². The summed E-state index contributed by atoms with van der Waals surface area (Å²) in [6, 6.07) is 0. The lowest BCUT2D eigenvalue weighted by Crippen LogP contribution is -2.29. The van der Waals surface area contributed by atoms with Gasteiger partial charge in [0.15, 0.2) is 0 Å². The van der Waals surface area contributed by atoms with Crippen molar-refractivity contribution in [3.8, 4) is 0 Å². The largest absolute Gasteiger partial charge is 0.396 e. The summed E-state index contributed by atoms with van der Waals surface area (Å²) in [5, 5.41) is 21.7. The van der Waals surface area contributed by atoms with Gasteiger partial charge in [-0.25, -0.2) is 0 Å². The normalized spacial score (nSPS) is 38.5. The van der Waals surface area contributed by atoms with Crippen LogP contribution in [-0.4, -0.2) is 36.5 Å². The van der Waals surface area contributed by atoms with Gasteiger partial charge in [0.25, 0.3) is 0 Å². The zero-order chi connectivity index (χ0) is 8.60. The van der Waals surface area contributed by atoms with Gasteiger partial charge in [-0.15, -0.1) is 0 Å². The van der Waals surface area contributed by atoms with Crippen LogP contribution in [0.4, 0.5) is 0 Å². The minimum absolute atomic E-state index is 0.149. The third-order valence-corrected chi connectivity index (χ3v) is 3.54. The quantitative estimate of drug-likeness (QED) is 0.529. The van der Waals surface area contributed by atoms with Gasteiger partial charge in [-0.3, -0.25) is 0 Å². The molecule has 0 aromatic heterocycles. The van der Waals surface area contributed by atoms with E-state index in [2.05, 4.69) is 5.32 Å². The summed E-state index contributed by atoms with van der Waals surface area (Å²) in [6.45, 7) is 2.45. The van der Waals surface area contributed by atoms with Crippen LogP contribution in [0.15, 0.2) is 0 Å². The van der Waals surface area contributed by atoms with E-state index in [0.29, 0.717) is 11.8 Å². The Morgan fingerprint density at radius 2 is 1.58 bits per heavy atom. The van der Waals surface area contributed by atoms with Gasteiger partial charge in [0.1, 0.15) is 0 Å². The zero-order valence-electron chi connectivity index (χ0n) is 7.29. The molecule has 2 aliphatic rings. The highest BCUT2D eigenvalue weighted by Crippen LogP contribution is 2.46. The van der Waals surface area contributed by atoms with Crippen LogP contribution in [0.1, 0.15) is 12.8 Å². The molecule has 12 heavy (non-hydrogen) atoms. The molecule has 0 radical (unpaired) electrons. The Labute approximate surface area is 72.8 Å². The fraction of sp³-hybridized carbons (Fsp3) is 1.00. The first-order chi connectivity index (χ1) is 5.79. The van der Waals surface area contributed by atoms with E-state index in [1.807, 2.05) is 0 Å². The molecule has 1 aliphatic carbocycles. The molecule has 1 aliphatic heterocycles. The maximum Gasteiger partial charge on any atom is 0.0509 e. The average molecular weight is 171 g/mol. The van der Waals surface area contributed by atoms with Crippen molar-refractivity contribution in [2.75, 3.05) is 26.3 Å². The number of aliphatic hydroxyl groups is 2. The first-order valence-corrected chi connectivity index (χ1v) is 4.72. The van der Waals surface area contributed by atoms with Gasteiger partial charge in [0.2, 0.25) is 0 Å². The fourth-order valence-corrected chi connectivity index (χ4v) is 2.77. The van der Waals surface area contributed by atoms with Crippen LogP contribution in [0.2, 0.25) is 0 Å². The van der Waals surface area contributed by atoms with Crippen LogP contribution in [-0.2, 0) is 0 Å². The minimum atomic E-state index is -0.155. The Hall–Kier alpha value is -0.120. The molecule has 0 amide bonds. The molecule has 2 rings (SSSR count). The fourth-order valence-electron chi connectivity index (χ4n) is 2.77. The Morgan fingerprint density at radius 3 is 2.00 bits per heavy atom. The van der Waals surface area contributed by atoms with Crippen molar-refractivity contribution in [1.82, 2.24) is 5.32 Å². The maximum absolute atomic E-state index is 9.19. The van der Waals surface area contributed by atoms with E-state index in [-0.39, 0.29) is 18.6 Å². The Balaban J connectivity index is 2.05. The molecular weight excluding hydrogens is 154 g/mol. The molecule has 2 fully saturated rings. The molecule has 0 unspecified atom stereocenters. The maximum atomic E-state index is 9.19. The average Bonchev–Trinajstić information content (AvgIpc) is 2.61. The van der Waals surface area contributed by atoms with Crippen LogP contribution in [0, 0.1) is 17.3 Å². The molecule has 3 heteroatoms. The van der Waals surface area contributed by atoms with E-state index < -0.39 is 0 Å². The second-order valence-electron chi connectivity index (χ2n) is 4.40. The van der Waals surface area contributed by atoms with Crippen molar-refractivity contribution in [2.45, 2.75) is 12.8 Å². The minimum Gasteiger partial charge on any atom is -0.396 e. The van der Waals surface area contributed by atoms with Crippen LogP contribution in [0.5, 0.6) is 0 Å². The molecule has 0 aromatic rings. The van der Waals surface area contributed by atoms with Crippen molar-refractivity contribution in [3.05, 3.63) is 0 Å². The van der Waals surface area contributed by atoms with Crippen molar-refractivity contribution >= 4 is 0 Å². The van der Waals surface area contributed by atoms with E-state index in [1.165, 1.54) is 0 Å². The molecule has 3 nitrogen and oxygen atoms in total. The van der Waals surface area contributed by atoms with Crippen LogP contribution < -0.4 is 5.32 Å². The van der Waals surface area contributed by atoms with Crippen LogP contribution in [0.25, 0.3) is 0 Å². The Bertz CT molecular complexity index is 154. The molecule has 70 valence electrons. The highest BCUT2D eigenvalue weighted by atomic mass is 16.3. The zero-order valence-corrected chi connectivity index (χ0v) is 7.29. The predicted molar refractivity (Wildman–Crippen MR) is 45.7 cm³/mol. The highest BCUT2D eigenvalue weighted by molar-refractivity contribution is 4.97. The Kier molecular flexibility index (Phi) is 2.10. The first-order valence-electron chi connectivity index (χ1n) is 4.72. The number of hydrogen-bond donors (Lipinski definition) is 3. The van der Waals surface area contributed by atoms with Crippen LogP contribution in [0.3, 0.4) is 0 Å². The summed E-state index contributed by atoms with van der Waals surface area (Å²) in [6.07, 6.45) is 2.00. The van der Waals surface area contributed by atoms with E-state index >= 15 is 0 Å². The van der Waals surface area contributed by atoms with Crippen molar-refractivity contribution in [2.24, 2.45) is 17.3 Å². The van der Waals surface area contributed by atoms with Crippen molar-refractivity contribution in [3.63, 3.8) is 0 Å². The van der Waals surface area contributed by atoms with E-state index in [1.54, 1.807) is 0 Å². The highest BCUT2D eigenvalue weighted by Gasteiger charge is 2.46. The topological polar surface area (TPSA) is 52.5 Å².